The number of anilines is 1. The summed E-state index contributed by atoms with van der Waals surface area (Å²) in [5.74, 6) is -0.699. The van der Waals surface area contributed by atoms with Gasteiger partial charge in [-0.05, 0) is 68.0 Å². The maximum Gasteiger partial charge on any atom is 0.338 e. The lowest BCUT2D eigenvalue weighted by atomic mass is 10.0. The van der Waals surface area contributed by atoms with Crippen LogP contribution in [0.3, 0.4) is 0 Å². The molecule has 144 valence electrons. The topological polar surface area (TPSA) is 63.7 Å². The summed E-state index contributed by atoms with van der Waals surface area (Å²) in [5.41, 5.74) is 4.12. The molecule has 28 heavy (non-hydrogen) atoms. The van der Waals surface area contributed by atoms with Crippen molar-refractivity contribution in [1.29, 1.82) is 0 Å². The van der Waals surface area contributed by atoms with Crippen molar-refractivity contribution in [2.24, 2.45) is 0 Å². The van der Waals surface area contributed by atoms with Crippen molar-refractivity contribution in [3.8, 4) is 0 Å². The number of ketones is 1. The number of nitrogens with zero attached hydrogens (tertiary/aromatic N) is 1. The minimum Gasteiger partial charge on any atom is -0.451 e. The van der Waals surface area contributed by atoms with Crippen LogP contribution >= 0.6 is 0 Å². The van der Waals surface area contributed by atoms with Gasteiger partial charge in [-0.2, -0.15) is 0 Å². The standard InChI is InChI=1S/C23H23NO4/c1-15(22(26)18-11-10-16-5-2-6-17(16)13-18)28-23(27)19-7-3-8-20(14-19)24-12-4-9-21(24)25/h3,7-8,10-11,13-15H,2,4-6,9,12H2,1H3. The minimum absolute atomic E-state index is 0.0608. The second-order valence-electron chi connectivity index (χ2n) is 7.45. The first kappa shape index (κ1) is 18.4. The van der Waals surface area contributed by atoms with Crippen LogP contribution in [0.2, 0.25) is 0 Å². The predicted molar refractivity (Wildman–Crippen MR) is 106 cm³/mol. The third kappa shape index (κ3) is 3.57. The molecule has 0 N–H and O–H groups in total. The molecule has 2 aliphatic rings. The van der Waals surface area contributed by atoms with E-state index < -0.39 is 12.1 Å². The van der Waals surface area contributed by atoms with Crippen molar-refractivity contribution < 1.29 is 19.1 Å². The summed E-state index contributed by atoms with van der Waals surface area (Å²) in [4.78, 5) is 38.9. The van der Waals surface area contributed by atoms with E-state index in [9.17, 15) is 14.4 Å². The van der Waals surface area contributed by atoms with Crippen molar-refractivity contribution in [1.82, 2.24) is 0 Å². The van der Waals surface area contributed by atoms with Gasteiger partial charge < -0.3 is 9.64 Å². The summed E-state index contributed by atoms with van der Waals surface area (Å²) in [7, 11) is 0. The first-order valence-corrected chi connectivity index (χ1v) is 9.80. The zero-order valence-electron chi connectivity index (χ0n) is 15.9. The highest BCUT2D eigenvalue weighted by molar-refractivity contribution is 6.02. The number of ether oxygens (including phenoxy) is 1. The quantitative estimate of drug-likeness (QED) is 0.588. The SMILES string of the molecule is CC(OC(=O)c1cccc(N2CCCC2=O)c1)C(=O)c1ccc2c(c1)CCC2. The average molecular weight is 377 g/mol. The van der Waals surface area contributed by atoms with E-state index in [0.717, 1.165) is 25.7 Å². The number of amides is 1. The first-order chi connectivity index (χ1) is 13.5. The maximum absolute atomic E-state index is 12.7. The van der Waals surface area contributed by atoms with E-state index in [1.807, 2.05) is 18.2 Å². The van der Waals surface area contributed by atoms with Crippen LogP contribution in [0.25, 0.3) is 0 Å². The van der Waals surface area contributed by atoms with Crippen LogP contribution in [-0.2, 0) is 22.4 Å². The number of hydrogen-bond acceptors (Lipinski definition) is 4. The van der Waals surface area contributed by atoms with Gasteiger partial charge in [-0.25, -0.2) is 4.79 Å². The molecule has 5 nitrogen and oxygen atoms in total. The molecular formula is C23H23NO4. The van der Waals surface area contributed by atoms with Gasteiger partial charge in [-0.3, -0.25) is 9.59 Å². The molecule has 0 aromatic heterocycles. The normalized spacial score (nSPS) is 16.8. The van der Waals surface area contributed by atoms with Crippen molar-refractivity contribution in [2.75, 3.05) is 11.4 Å². The van der Waals surface area contributed by atoms with Crippen LogP contribution < -0.4 is 4.90 Å². The molecule has 2 aromatic carbocycles. The maximum atomic E-state index is 12.7. The number of carbonyl (C=O) groups excluding carboxylic acids is 3. The van der Waals surface area contributed by atoms with Crippen LogP contribution in [0.15, 0.2) is 42.5 Å². The molecule has 2 aromatic rings. The third-order valence-corrected chi connectivity index (χ3v) is 5.50. The fraction of sp³-hybridized carbons (Fsp3) is 0.348. The van der Waals surface area contributed by atoms with Gasteiger partial charge in [-0.1, -0.05) is 18.2 Å². The van der Waals surface area contributed by atoms with Gasteiger partial charge in [0, 0.05) is 24.2 Å². The Morgan fingerprint density at radius 3 is 2.57 bits per heavy atom. The number of Topliss-reactive ketones (excluding diaryl/α,β-unsaturated/α-hetero) is 1. The molecule has 1 saturated heterocycles. The van der Waals surface area contributed by atoms with E-state index >= 15 is 0 Å². The van der Waals surface area contributed by atoms with E-state index in [4.69, 9.17) is 4.74 Å². The number of rotatable bonds is 5. The third-order valence-electron chi connectivity index (χ3n) is 5.50. The van der Waals surface area contributed by atoms with Gasteiger partial charge in [0.1, 0.15) is 0 Å². The number of esters is 1. The molecule has 5 heteroatoms. The highest BCUT2D eigenvalue weighted by Crippen LogP contribution is 2.25. The highest BCUT2D eigenvalue weighted by Gasteiger charge is 2.25. The molecule has 0 bridgehead atoms. The second kappa shape index (κ2) is 7.58. The van der Waals surface area contributed by atoms with Crippen LogP contribution in [0.5, 0.6) is 0 Å². The summed E-state index contributed by atoms with van der Waals surface area (Å²) in [6.45, 7) is 2.26. The van der Waals surface area contributed by atoms with Gasteiger partial charge in [0.15, 0.2) is 6.10 Å². The fourth-order valence-corrected chi connectivity index (χ4v) is 3.96. The van der Waals surface area contributed by atoms with Gasteiger partial charge in [0.25, 0.3) is 0 Å². The molecule has 1 heterocycles. The molecule has 1 atom stereocenters. The number of hydrogen-bond donors (Lipinski definition) is 0. The molecule has 1 fully saturated rings. The molecule has 1 aliphatic carbocycles. The van der Waals surface area contributed by atoms with Crippen LogP contribution in [0.4, 0.5) is 5.69 Å². The lowest BCUT2D eigenvalue weighted by molar-refractivity contribution is -0.117. The fourth-order valence-electron chi connectivity index (χ4n) is 3.96. The van der Waals surface area contributed by atoms with Crippen LogP contribution in [0, 0.1) is 0 Å². The van der Waals surface area contributed by atoms with Crippen molar-refractivity contribution in [3.63, 3.8) is 0 Å². The lowest BCUT2D eigenvalue weighted by Gasteiger charge is -2.17. The number of benzene rings is 2. The number of aryl methyl sites for hydroxylation is 2. The first-order valence-electron chi connectivity index (χ1n) is 9.80. The summed E-state index contributed by atoms with van der Waals surface area (Å²) in [6.07, 6.45) is 3.65. The Labute approximate surface area is 164 Å². The van der Waals surface area contributed by atoms with Gasteiger partial charge in [0.05, 0.1) is 5.56 Å². The van der Waals surface area contributed by atoms with Gasteiger partial charge in [0.2, 0.25) is 11.7 Å². The molecule has 0 spiro atoms. The summed E-state index contributed by atoms with van der Waals surface area (Å²) in [5, 5.41) is 0. The van der Waals surface area contributed by atoms with E-state index in [0.29, 0.717) is 29.8 Å². The molecular weight excluding hydrogens is 354 g/mol. The van der Waals surface area contributed by atoms with Gasteiger partial charge in [-0.15, -0.1) is 0 Å². The summed E-state index contributed by atoms with van der Waals surface area (Å²) < 4.78 is 5.42. The molecule has 4 rings (SSSR count). The number of carbonyl (C=O) groups is 3. The molecule has 0 radical (unpaired) electrons. The summed E-state index contributed by atoms with van der Waals surface area (Å²) >= 11 is 0. The zero-order chi connectivity index (χ0) is 19.7. The van der Waals surface area contributed by atoms with E-state index in [1.165, 1.54) is 11.1 Å². The van der Waals surface area contributed by atoms with E-state index in [1.54, 1.807) is 36.1 Å². The van der Waals surface area contributed by atoms with Crippen LogP contribution in [0.1, 0.15) is 58.0 Å². The van der Waals surface area contributed by atoms with Crippen molar-refractivity contribution in [3.05, 3.63) is 64.7 Å². The summed E-state index contributed by atoms with van der Waals surface area (Å²) in [6, 6.07) is 12.6. The Morgan fingerprint density at radius 1 is 0.964 bits per heavy atom. The van der Waals surface area contributed by atoms with Crippen molar-refractivity contribution in [2.45, 2.75) is 45.1 Å². The Bertz CT molecular complexity index is 949. The largest absolute Gasteiger partial charge is 0.451 e. The van der Waals surface area contributed by atoms with Crippen molar-refractivity contribution >= 4 is 23.3 Å². The number of fused-ring (bicyclic) bond motifs is 1. The minimum atomic E-state index is -0.871. The Hall–Kier alpha value is -2.95. The molecule has 1 aliphatic heterocycles. The zero-order valence-corrected chi connectivity index (χ0v) is 15.9. The Kier molecular flexibility index (Phi) is 4.99. The Morgan fingerprint density at radius 2 is 1.79 bits per heavy atom. The molecule has 1 unspecified atom stereocenters. The van der Waals surface area contributed by atoms with E-state index in [2.05, 4.69) is 0 Å². The smallest absolute Gasteiger partial charge is 0.338 e. The lowest BCUT2D eigenvalue weighted by Crippen LogP contribution is -2.26. The van der Waals surface area contributed by atoms with Gasteiger partial charge >= 0.3 is 5.97 Å². The second-order valence-corrected chi connectivity index (χ2v) is 7.45. The molecule has 0 saturated carbocycles. The monoisotopic (exact) mass is 377 g/mol. The highest BCUT2D eigenvalue weighted by atomic mass is 16.5. The molecule has 1 amide bonds. The van der Waals surface area contributed by atoms with Crippen LogP contribution in [-0.4, -0.2) is 30.3 Å². The predicted octanol–water partition coefficient (Wildman–Crippen LogP) is 3.73. The Balaban J connectivity index is 1.46. The average Bonchev–Trinajstić information content (AvgIpc) is 3.35. The van der Waals surface area contributed by atoms with E-state index in [-0.39, 0.29) is 11.7 Å².